The van der Waals surface area contributed by atoms with Gasteiger partial charge in [-0.05, 0) is 36.1 Å². The zero-order valence-corrected chi connectivity index (χ0v) is 14.9. The Morgan fingerprint density at radius 2 is 1.81 bits per heavy atom. The smallest absolute Gasteiger partial charge is 0.339 e. The minimum absolute atomic E-state index is 0.206. The highest BCUT2D eigenvalue weighted by Gasteiger charge is 2.24. The van der Waals surface area contributed by atoms with Gasteiger partial charge in [0.15, 0.2) is 0 Å². The third-order valence-corrected chi connectivity index (χ3v) is 4.97. The molecule has 0 saturated carbocycles. The van der Waals surface area contributed by atoms with Crippen molar-refractivity contribution in [2.24, 2.45) is 0 Å². The van der Waals surface area contributed by atoms with Crippen molar-refractivity contribution >= 4 is 5.97 Å². The number of aromatic nitrogens is 1. The second-order valence-corrected chi connectivity index (χ2v) is 6.53. The Morgan fingerprint density at radius 1 is 1.04 bits per heavy atom. The van der Waals surface area contributed by atoms with E-state index in [-0.39, 0.29) is 5.56 Å². The summed E-state index contributed by atoms with van der Waals surface area (Å²) in [7, 11) is 1.31. The molecule has 0 N–H and O–H groups in total. The van der Waals surface area contributed by atoms with Gasteiger partial charge in [-0.15, -0.1) is 0 Å². The van der Waals surface area contributed by atoms with Gasteiger partial charge in [0, 0.05) is 23.4 Å². The Balaban J connectivity index is 1.86. The van der Waals surface area contributed by atoms with E-state index < -0.39 is 11.8 Å². The summed E-state index contributed by atoms with van der Waals surface area (Å²) in [6.07, 6.45) is 1.45. The molecule has 1 aromatic heterocycles. The zero-order chi connectivity index (χ0) is 19.0. The Labute approximate surface area is 155 Å². The van der Waals surface area contributed by atoms with Crippen LogP contribution in [0.1, 0.15) is 22.5 Å². The van der Waals surface area contributed by atoms with E-state index in [1.54, 1.807) is 16.7 Å². The maximum atomic E-state index is 14.8. The van der Waals surface area contributed by atoms with Gasteiger partial charge in [-0.25, -0.2) is 9.18 Å². The predicted octanol–water partition coefficient (Wildman–Crippen LogP) is 4.05. The number of hydrogen-bond donors (Lipinski definition) is 0. The fraction of sp³-hybridized carbons (Fsp3) is 0.182. The van der Waals surface area contributed by atoms with Crippen LogP contribution in [0.25, 0.3) is 22.3 Å². The lowest BCUT2D eigenvalue weighted by Crippen LogP contribution is -2.24. The number of carbonyl (C=O) groups excluding carboxylic acids is 1. The van der Waals surface area contributed by atoms with Gasteiger partial charge in [0.25, 0.3) is 5.56 Å². The van der Waals surface area contributed by atoms with Crippen LogP contribution in [-0.4, -0.2) is 17.6 Å². The molecule has 4 nitrogen and oxygen atoms in total. The summed E-state index contributed by atoms with van der Waals surface area (Å²) in [6, 6.07) is 15.5. The van der Waals surface area contributed by atoms with Crippen molar-refractivity contribution in [2.45, 2.75) is 19.4 Å². The van der Waals surface area contributed by atoms with Crippen LogP contribution in [0.3, 0.4) is 0 Å². The van der Waals surface area contributed by atoms with Crippen molar-refractivity contribution in [3.05, 3.63) is 82.0 Å². The van der Waals surface area contributed by atoms with E-state index in [2.05, 4.69) is 0 Å². The van der Waals surface area contributed by atoms with Crippen LogP contribution >= 0.6 is 0 Å². The summed E-state index contributed by atoms with van der Waals surface area (Å²) >= 11 is 0. The average Bonchev–Trinajstić information content (AvgIpc) is 3.19. The topological polar surface area (TPSA) is 48.3 Å². The Kier molecular flexibility index (Phi) is 4.36. The van der Waals surface area contributed by atoms with Crippen LogP contribution in [0.4, 0.5) is 4.39 Å². The number of rotatable bonds is 3. The third-order valence-electron chi connectivity index (χ3n) is 4.97. The summed E-state index contributed by atoms with van der Waals surface area (Å²) in [5.41, 5.74) is 2.84. The van der Waals surface area contributed by atoms with E-state index in [1.807, 2.05) is 30.3 Å². The highest BCUT2D eigenvalue weighted by molar-refractivity contribution is 5.92. The van der Waals surface area contributed by atoms with Crippen LogP contribution in [0, 0.1) is 5.82 Å². The number of ether oxygens (including phenoxy) is 1. The first kappa shape index (κ1) is 17.2. The molecule has 0 unspecified atom stereocenters. The number of fused-ring (bicyclic) bond motifs is 1. The predicted molar refractivity (Wildman–Crippen MR) is 101 cm³/mol. The summed E-state index contributed by atoms with van der Waals surface area (Å²) in [5.74, 6) is -0.897. The molecule has 3 aromatic rings. The summed E-state index contributed by atoms with van der Waals surface area (Å²) in [5, 5.41) is 0. The van der Waals surface area contributed by atoms with Gasteiger partial charge in [0.05, 0.1) is 12.7 Å². The molecule has 0 spiro atoms. The molecule has 0 aliphatic carbocycles. The van der Waals surface area contributed by atoms with E-state index >= 15 is 0 Å². The number of benzene rings is 2. The molecular formula is C22H18FNO3. The molecule has 2 heterocycles. The lowest BCUT2D eigenvalue weighted by atomic mass is 9.98. The molecular weight excluding hydrogens is 345 g/mol. The van der Waals surface area contributed by atoms with Gasteiger partial charge in [-0.2, -0.15) is 0 Å². The van der Waals surface area contributed by atoms with Gasteiger partial charge in [-0.1, -0.05) is 42.5 Å². The van der Waals surface area contributed by atoms with Crippen LogP contribution in [0.5, 0.6) is 0 Å². The number of pyridine rings is 1. The molecule has 0 fully saturated rings. The number of methoxy groups -OCH3 is 1. The quantitative estimate of drug-likeness (QED) is 0.660. The largest absolute Gasteiger partial charge is 0.465 e. The second-order valence-electron chi connectivity index (χ2n) is 6.53. The molecule has 1 aliphatic rings. The molecule has 0 amide bonds. The average molecular weight is 363 g/mol. The Morgan fingerprint density at radius 3 is 2.52 bits per heavy atom. The SMILES string of the molecule is COC(=O)c1cc(-c2ccc(-c3ccccc3)c(F)c2)c(=O)n2c1CCC2. The van der Waals surface area contributed by atoms with Crippen LogP contribution in [0.2, 0.25) is 0 Å². The van der Waals surface area contributed by atoms with Gasteiger partial charge in [-0.3, -0.25) is 4.79 Å². The first-order valence-corrected chi connectivity index (χ1v) is 8.80. The third kappa shape index (κ3) is 2.95. The van der Waals surface area contributed by atoms with Gasteiger partial charge in [0.2, 0.25) is 0 Å². The number of esters is 1. The first-order chi connectivity index (χ1) is 13.1. The van der Waals surface area contributed by atoms with Crippen molar-refractivity contribution in [2.75, 3.05) is 7.11 Å². The van der Waals surface area contributed by atoms with Crippen molar-refractivity contribution in [1.29, 1.82) is 0 Å². The van der Waals surface area contributed by atoms with E-state index in [9.17, 15) is 14.0 Å². The number of halogens is 1. The fourth-order valence-corrected chi connectivity index (χ4v) is 3.64. The minimum Gasteiger partial charge on any atom is -0.465 e. The molecule has 136 valence electrons. The van der Waals surface area contributed by atoms with Crippen LogP contribution < -0.4 is 5.56 Å². The fourth-order valence-electron chi connectivity index (χ4n) is 3.64. The first-order valence-electron chi connectivity index (χ1n) is 8.80. The molecule has 1 aliphatic heterocycles. The minimum atomic E-state index is -0.483. The lowest BCUT2D eigenvalue weighted by molar-refractivity contribution is 0.0598. The molecule has 2 aromatic carbocycles. The monoisotopic (exact) mass is 363 g/mol. The van der Waals surface area contributed by atoms with Gasteiger partial charge in [0.1, 0.15) is 5.82 Å². The maximum absolute atomic E-state index is 14.8. The maximum Gasteiger partial charge on any atom is 0.339 e. The second kappa shape index (κ2) is 6.83. The number of hydrogen-bond acceptors (Lipinski definition) is 3. The summed E-state index contributed by atoms with van der Waals surface area (Å²) < 4.78 is 21.2. The van der Waals surface area contributed by atoms with E-state index in [0.29, 0.717) is 40.9 Å². The molecule has 0 bridgehead atoms. The van der Waals surface area contributed by atoms with Crippen molar-refractivity contribution in [1.82, 2.24) is 4.57 Å². The van der Waals surface area contributed by atoms with Crippen molar-refractivity contribution in [3.8, 4) is 22.3 Å². The van der Waals surface area contributed by atoms with E-state index in [1.165, 1.54) is 19.2 Å². The normalized spacial score (nSPS) is 12.7. The number of nitrogens with zero attached hydrogens (tertiary/aromatic N) is 1. The zero-order valence-electron chi connectivity index (χ0n) is 14.9. The Hall–Kier alpha value is -3.21. The summed E-state index contributed by atoms with van der Waals surface area (Å²) in [4.78, 5) is 25.0. The molecule has 0 atom stereocenters. The molecule has 0 saturated heterocycles. The number of carbonyl (C=O) groups is 1. The standard InChI is InChI=1S/C22H18FNO3/c1-27-22(26)18-13-17(21(25)24-11-5-8-20(18)24)15-9-10-16(19(23)12-15)14-6-3-2-4-7-14/h2-4,6-7,9-10,12-13H,5,8,11H2,1H3. The van der Waals surface area contributed by atoms with E-state index in [4.69, 9.17) is 4.74 Å². The summed E-state index contributed by atoms with van der Waals surface area (Å²) in [6.45, 7) is 0.552. The van der Waals surface area contributed by atoms with E-state index in [0.717, 1.165) is 12.0 Å². The van der Waals surface area contributed by atoms with Gasteiger partial charge >= 0.3 is 5.97 Å². The van der Waals surface area contributed by atoms with Crippen LogP contribution in [-0.2, 0) is 17.7 Å². The highest BCUT2D eigenvalue weighted by Crippen LogP contribution is 2.28. The van der Waals surface area contributed by atoms with Crippen LogP contribution in [0.15, 0.2) is 59.4 Å². The van der Waals surface area contributed by atoms with Crippen molar-refractivity contribution < 1.29 is 13.9 Å². The highest BCUT2D eigenvalue weighted by atomic mass is 19.1. The van der Waals surface area contributed by atoms with Gasteiger partial charge < -0.3 is 9.30 Å². The molecule has 0 radical (unpaired) electrons. The Bertz CT molecular complexity index is 1090. The molecule has 4 rings (SSSR count). The molecule has 27 heavy (non-hydrogen) atoms. The lowest BCUT2D eigenvalue weighted by Gasteiger charge is -2.12. The molecule has 5 heteroatoms. The van der Waals surface area contributed by atoms with Crippen molar-refractivity contribution in [3.63, 3.8) is 0 Å².